The first-order chi connectivity index (χ1) is 8.66. The second-order valence-electron chi connectivity index (χ2n) is 4.10. The average molecular weight is 320 g/mol. The fourth-order valence-corrected chi connectivity index (χ4v) is 3.10. The predicted molar refractivity (Wildman–Crippen MR) is 79.7 cm³/mol. The topological polar surface area (TPSA) is 20.3 Å². The van der Waals surface area contributed by atoms with Gasteiger partial charge in [0.15, 0.2) is 0 Å². The van der Waals surface area contributed by atoms with E-state index < -0.39 is 0 Å². The van der Waals surface area contributed by atoms with E-state index in [0.717, 1.165) is 26.2 Å². The van der Waals surface area contributed by atoms with Gasteiger partial charge in [-0.25, -0.2) is 0 Å². The largest absolute Gasteiger partial charge is 0.311 e. The standard InChI is InChI=1S/C14H10BrNOS/c1-16-13-5-4-9(15)7-11(13)12(14(16)17)8-10-3-2-6-18-10/h2-8H,1H3/b12-8-. The summed E-state index contributed by atoms with van der Waals surface area (Å²) in [5, 5.41) is 2.01. The minimum Gasteiger partial charge on any atom is -0.311 e. The molecule has 2 nitrogen and oxygen atoms in total. The Bertz CT molecular complexity index is 646. The quantitative estimate of drug-likeness (QED) is 0.727. The van der Waals surface area contributed by atoms with Crippen molar-refractivity contribution in [3.8, 4) is 0 Å². The Kier molecular flexibility index (Phi) is 2.84. The van der Waals surface area contributed by atoms with E-state index >= 15 is 0 Å². The molecule has 0 atom stereocenters. The lowest BCUT2D eigenvalue weighted by Crippen LogP contribution is -2.20. The van der Waals surface area contributed by atoms with E-state index in [1.54, 1.807) is 16.2 Å². The van der Waals surface area contributed by atoms with Crippen LogP contribution in [0.4, 0.5) is 5.69 Å². The third-order valence-electron chi connectivity index (χ3n) is 2.97. The Balaban J connectivity index is 2.18. The summed E-state index contributed by atoms with van der Waals surface area (Å²) in [5.74, 6) is 0.0523. The molecule has 1 amide bonds. The number of halogens is 1. The zero-order chi connectivity index (χ0) is 12.7. The van der Waals surface area contributed by atoms with Crippen LogP contribution < -0.4 is 4.90 Å². The summed E-state index contributed by atoms with van der Waals surface area (Å²) in [7, 11) is 1.81. The smallest absolute Gasteiger partial charge is 0.258 e. The number of nitrogens with zero attached hydrogens (tertiary/aromatic N) is 1. The normalized spacial score (nSPS) is 16.4. The average Bonchev–Trinajstić information content (AvgIpc) is 2.93. The third kappa shape index (κ3) is 1.82. The van der Waals surface area contributed by atoms with Crippen molar-refractivity contribution in [2.75, 3.05) is 11.9 Å². The van der Waals surface area contributed by atoms with E-state index in [4.69, 9.17) is 0 Å². The van der Waals surface area contributed by atoms with Gasteiger partial charge in [0.25, 0.3) is 5.91 Å². The van der Waals surface area contributed by atoms with Gasteiger partial charge in [0.05, 0.1) is 11.3 Å². The molecule has 18 heavy (non-hydrogen) atoms. The van der Waals surface area contributed by atoms with E-state index in [0.29, 0.717) is 0 Å². The Morgan fingerprint density at radius 1 is 1.33 bits per heavy atom. The molecule has 0 saturated carbocycles. The van der Waals surface area contributed by atoms with Gasteiger partial charge in [0.2, 0.25) is 0 Å². The molecule has 3 rings (SSSR count). The molecule has 0 fully saturated rings. The Morgan fingerprint density at radius 3 is 2.89 bits per heavy atom. The van der Waals surface area contributed by atoms with Crippen LogP contribution in [0.25, 0.3) is 11.6 Å². The molecule has 1 aromatic carbocycles. The molecule has 0 spiro atoms. The monoisotopic (exact) mass is 319 g/mol. The molecular weight excluding hydrogens is 310 g/mol. The highest BCUT2D eigenvalue weighted by molar-refractivity contribution is 9.10. The Labute approximate surface area is 118 Å². The summed E-state index contributed by atoms with van der Waals surface area (Å²) in [5.41, 5.74) is 2.72. The second kappa shape index (κ2) is 4.37. The van der Waals surface area contributed by atoms with Crippen LogP contribution in [0.15, 0.2) is 40.2 Å². The van der Waals surface area contributed by atoms with Crippen LogP contribution in [-0.4, -0.2) is 13.0 Å². The summed E-state index contributed by atoms with van der Waals surface area (Å²) >= 11 is 5.09. The number of likely N-dealkylation sites (N-methyl/N-ethyl adjacent to an activating group) is 1. The van der Waals surface area contributed by atoms with Gasteiger partial charge in [-0.05, 0) is 35.7 Å². The number of thiophene rings is 1. The molecule has 2 aromatic rings. The number of amides is 1. The number of rotatable bonds is 1. The van der Waals surface area contributed by atoms with Crippen LogP contribution in [-0.2, 0) is 4.79 Å². The van der Waals surface area contributed by atoms with E-state index in [-0.39, 0.29) is 5.91 Å². The molecular formula is C14H10BrNOS. The number of anilines is 1. The number of fused-ring (bicyclic) bond motifs is 1. The van der Waals surface area contributed by atoms with Crippen molar-refractivity contribution < 1.29 is 4.79 Å². The number of hydrogen-bond acceptors (Lipinski definition) is 2. The van der Waals surface area contributed by atoms with Crippen molar-refractivity contribution in [1.29, 1.82) is 0 Å². The highest BCUT2D eigenvalue weighted by Gasteiger charge is 2.29. The van der Waals surface area contributed by atoms with Gasteiger partial charge in [0, 0.05) is 22.0 Å². The highest BCUT2D eigenvalue weighted by Crippen LogP contribution is 2.38. The number of benzene rings is 1. The maximum atomic E-state index is 12.2. The summed E-state index contributed by atoms with van der Waals surface area (Å²) in [6, 6.07) is 9.92. The maximum absolute atomic E-state index is 12.2. The molecule has 2 heterocycles. The van der Waals surface area contributed by atoms with E-state index in [9.17, 15) is 4.79 Å². The van der Waals surface area contributed by atoms with Crippen LogP contribution in [0.2, 0.25) is 0 Å². The molecule has 0 bridgehead atoms. The zero-order valence-corrected chi connectivity index (χ0v) is 12.1. The molecule has 0 N–H and O–H groups in total. The molecule has 0 aliphatic carbocycles. The minimum atomic E-state index is 0.0523. The zero-order valence-electron chi connectivity index (χ0n) is 9.68. The lowest BCUT2D eigenvalue weighted by atomic mass is 10.1. The van der Waals surface area contributed by atoms with Gasteiger partial charge < -0.3 is 4.90 Å². The first-order valence-corrected chi connectivity index (χ1v) is 7.17. The number of hydrogen-bond donors (Lipinski definition) is 0. The third-order valence-corrected chi connectivity index (χ3v) is 4.29. The molecule has 0 radical (unpaired) electrons. The summed E-state index contributed by atoms with van der Waals surface area (Å²) in [6.45, 7) is 0. The highest BCUT2D eigenvalue weighted by atomic mass is 79.9. The van der Waals surface area contributed by atoms with Crippen LogP contribution in [0.3, 0.4) is 0 Å². The van der Waals surface area contributed by atoms with Gasteiger partial charge in [0.1, 0.15) is 0 Å². The van der Waals surface area contributed by atoms with Gasteiger partial charge in [-0.2, -0.15) is 0 Å². The molecule has 1 aliphatic heterocycles. The van der Waals surface area contributed by atoms with Crippen molar-refractivity contribution >= 4 is 50.5 Å². The molecule has 0 unspecified atom stereocenters. The first kappa shape index (κ1) is 11.7. The lowest BCUT2D eigenvalue weighted by Gasteiger charge is -2.08. The second-order valence-corrected chi connectivity index (χ2v) is 5.99. The van der Waals surface area contributed by atoms with Crippen LogP contribution in [0, 0.1) is 0 Å². The van der Waals surface area contributed by atoms with Crippen LogP contribution in [0.1, 0.15) is 10.4 Å². The van der Waals surface area contributed by atoms with Gasteiger partial charge in [-0.15, -0.1) is 11.3 Å². The fourth-order valence-electron chi connectivity index (χ4n) is 2.08. The molecule has 4 heteroatoms. The van der Waals surface area contributed by atoms with E-state index in [2.05, 4.69) is 15.9 Å². The van der Waals surface area contributed by atoms with E-state index in [1.807, 2.05) is 48.8 Å². The lowest BCUT2D eigenvalue weighted by molar-refractivity contribution is -0.112. The van der Waals surface area contributed by atoms with Gasteiger partial charge >= 0.3 is 0 Å². The van der Waals surface area contributed by atoms with Crippen molar-refractivity contribution in [1.82, 2.24) is 0 Å². The van der Waals surface area contributed by atoms with Gasteiger partial charge in [-0.3, -0.25) is 4.79 Å². The van der Waals surface area contributed by atoms with Crippen molar-refractivity contribution in [3.05, 3.63) is 50.6 Å². The molecule has 90 valence electrons. The summed E-state index contributed by atoms with van der Waals surface area (Å²) in [4.78, 5) is 15.0. The maximum Gasteiger partial charge on any atom is 0.258 e. The fraction of sp³-hybridized carbons (Fsp3) is 0.0714. The van der Waals surface area contributed by atoms with Crippen LogP contribution in [0.5, 0.6) is 0 Å². The van der Waals surface area contributed by atoms with Crippen LogP contribution >= 0.6 is 27.3 Å². The van der Waals surface area contributed by atoms with Crippen molar-refractivity contribution in [2.45, 2.75) is 0 Å². The minimum absolute atomic E-state index is 0.0523. The van der Waals surface area contributed by atoms with E-state index in [1.165, 1.54) is 0 Å². The summed E-state index contributed by atoms with van der Waals surface area (Å²) in [6.07, 6.45) is 1.96. The Hall–Kier alpha value is -1.39. The molecule has 1 aliphatic rings. The predicted octanol–water partition coefficient (Wildman–Crippen LogP) is 4.03. The molecule has 0 saturated heterocycles. The number of carbonyl (C=O) groups is 1. The summed E-state index contributed by atoms with van der Waals surface area (Å²) < 4.78 is 0.987. The van der Waals surface area contributed by atoms with Crippen molar-refractivity contribution in [2.24, 2.45) is 0 Å². The molecule has 1 aromatic heterocycles. The van der Waals surface area contributed by atoms with Crippen molar-refractivity contribution in [3.63, 3.8) is 0 Å². The Morgan fingerprint density at radius 2 is 2.17 bits per heavy atom. The first-order valence-electron chi connectivity index (χ1n) is 5.50. The SMILES string of the molecule is CN1C(=O)/C(=C\c2cccs2)c2cc(Br)ccc21. The number of carbonyl (C=O) groups excluding carboxylic acids is 1. The van der Waals surface area contributed by atoms with Gasteiger partial charge in [-0.1, -0.05) is 22.0 Å².